The Kier molecular flexibility index (Phi) is 4.55. The molecular weight excluding hydrogens is 236 g/mol. The van der Waals surface area contributed by atoms with Crippen molar-refractivity contribution in [3.63, 3.8) is 0 Å². The molecule has 1 atom stereocenters. The Morgan fingerprint density at radius 2 is 2.11 bits per heavy atom. The number of hydrogen-bond acceptors (Lipinski definition) is 5. The Bertz CT molecular complexity index is 383. The van der Waals surface area contributed by atoms with E-state index in [1.54, 1.807) is 12.1 Å². The third-order valence-corrected chi connectivity index (χ3v) is 2.50. The lowest BCUT2D eigenvalue weighted by Gasteiger charge is -2.06. The average molecular weight is 252 g/mol. The van der Waals surface area contributed by atoms with E-state index in [4.69, 9.17) is 18.9 Å². The summed E-state index contributed by atoms with van der Waals surface area (Å²) < 4.78 is 19.7. The van der Waals surface area contributed by atoms with Gasteiger partial charge in [0.25, 0.3) is 0 Å². The maximum absolute atomic E-state index is 11.3. The highest BCUT2D eigenvalue weighted by Gasteiger charge is 2.22. The molecule has 1 saturated heterocycles. The second-order valence-corrected chi connectivity index (χ2v) is 3.94. The Morgan fingerprint density at radius 1 is 1.39 bits per heavy atom. The quantitative estimate of drug-likeness (QED) is 0.255. The Morgan fingerprint density at radius 3 is 2.72 bits per heavy atom. The molecule has 0 aromatic heterocycles. The largest absolute Gasteiger partial charge is 0.515 e. The molecule has 98 valence electrons. The monoisotopic (exact) mass is 252 g/mol. The van der Waals surface area contributed by atoms with E-state index in [9.17, 15) is 4.79 Å². The van der Waals surface area contributed by atoms with Crippen LogP contribution in [0.15, 0.2) is 24.3 Å². The van der Waals surface area contributed by atoms with Crippen molar-refractivity contribution >= 4 is 6.16 Å². The molecule has 1 aromatic rings. The van der Waals surface area contributed by atoms with E-state index in [0.717, 1.165) is 6.42 Å². The second-order valence-electron chi connectivity index (χ2n) is 3.94. The molecule has 2 rings (SSSR count). The van der Waals surface area contributed by atoms with Crippen LogP contribution in [0.4, 0.5) is 4.79 Å². The van der Waals surface area contributed by atoms with Gasteiger partial charge < -0.3 is 18.9 Å². The van der Waals surface area contributed by atoms with Gasteiger partial charge in [-0.2, -0.15) is 0 Å². The summed E-state index contributed by atoms with van der Waals surface area (Å²) in [6.07, 6.45) is 0.337. The third kappa shape index (κ3) is 4.35. The van der Waals surface area contributed by atoms with E-state index in [1.165, 1.54) is 5.56 Å². The molecule has 0 radical (unpaired) electrons. The van der Waals surface area contributed by atoms with Gasteiger partial charge in [0.2, 0.25) is 0 Å². The number of carbonyl (C=O) groups excluding carboxylic acids is 1. The number of benzene rings is 1. The van der Waals surface area contributed by atoms with Crippen LogP contribution in [0.5, 0.6) is 5.75 Å². The summed E-state index contributed by atoms with van der Waals surface area (Å²) in [6.45, 7) is 3.10. The van der Waals surface area contributed by atoms with Crippen molar-refractivity contribution in [2.24, 2.45) is 0 Å². The minimum Gasteiger partial charge on any atom is -0.407 e. The molecule has 0 N–H and O–H groups in total. The SMILES string of the molecule is CCc1ccc(OC(=O)OCOCC2CO2)cc1. The first-order valence-corrected chi connectivity index (χ1v) is 5.91. The van der Waals surface area contributed by atoms with E-state index < -0.39 is 6.16 Å². The summed E-state index contributed by atoms with van der Waals surface area (Å²) in [4.78, 5) is 11.3. The topological polar surface area (TPSA) is 57.3 Å². The van der Waals surface area contributed by atoms with E-state index in [2.05, 4.69) is 6.92 Å². The molecule has 0 aliphatic carbocycles. The van der Waals surface area contributed by atoms with Crippen LogP contribution < -0.4 is 4.74 Å². The van der Waals surface area contributed by atoms with Crippen molar-refractivity contribution in [2.75, 3.05) is 20.0 Å². The third-order valence-electron chi connectivity index (χ3n) is 2.50. The van der Waals surface area contributed by atoms with Gasteiger partial charge in [0.05, 0.1) is 13.2 Å². The minimum absolute atomic E-state index is 0.119. The van der Waals surface area contributed by atoms with E-state index >= 15 is 0 Å². The zero-order chi connectivity index (χ0) is 12.8. The molecule has 1 aromatic carbocycles. The van der Waals surface area contributed by atoms with Crippen molar-refractivity contribution in [3.05, 3.63) is 29.8 Å². The van der Waals surface area contributed by atoms with Crippen LogP contribution in [0, 0.1) is 0 Å². The van der Waals surface area contributed by atoms with Crippen LogP contribution >= 0.6 is 0 Å². The summed E-state index contributed by atoms with van der Waals surface area (Å²) in [5.74, 6) is 0.461. The first-order valence-electron chi connectivity index (χ1n) is 5.91. The molecule has 1 aliphatic rings. The van der Waals surface area contributed by atoms with Gasteiger partial charge in [0.15, 0.2) is 6.79 Å². The summed E-state index contributed by atoms with van der Waals surface area (Å²) >= 11 is 0. The number of carbonyl (C=O) groups is 1. The lowest BCUT2D eigenvalue weighted by molar-refractivity contribution is -0.0346. The second kappa shape index (κ2) is 6.37. The molecule has 1 aliphatic heterocycles. The first-order chi connectivity index (χ1) is 8.78. The van der Waals surface area contributed by atoms with E-state index in [-0.39, 0.29) is 12.9 Å². The highest BCUT2D eigenvalue weighted by atomic mass is 16.8. The van der Waals surface area contributed by atoms with Crippen LogP contribution in [0.25, 0.3) is 0 Å². The Hall–Kier alpha value is -1.59. The van der Waals surface area contributed by atoms with Gasteiger partial charge in [0.1, 0.15) is 11.9 Å². The van der Waals surface area contributed by atoms with Crippen LogP contribution in [-0.2, 0) is 20.6 Å². The molecule has 18 heavy (non-hydrogen) atoms. The van der Waals surface area contributed by atoms with Crippen LogP contribution in [0.1, 0.15) is 12.5 Å². The first kappa shape index (κ1) is 12.9. The van der Waals surface area contributed by atoms with E-state index in [1.807, 2.05) is 12.1 Å². The van der Waals surface area contributed by atoms with Gasteiger partial charge in [-0.25, -0.2) is 4.79 Å². The maximum atomic E-state index is 11.3. The number of ether oxygens (including phenoxy) is 4. The van der Waals surface area contributed by atoms with Crippen molar-refractivity contribution in [3.8, 4) is 5.75 Å². The molecule has 0 spiro atoms. The lowest BCUT2D eigenvalue weighted by Crippen LogP contribution is -2.14. The van der Waals surface area contributed by atoms with Gasteiger partial charge in [-0.3, -0.25) is 0 Å². The zero-order valence-electron chi connectivity index (χ0n) is 10.3. The molecule has 0 saturated carbocycles. The van der Waals surface area contributed by atoms with Crippen molar-refractivity contribution in [1.29, 1.82) is 0 Å². The van der Waals surface area contributed by atoms with Crippen LogP contribution in [0.2, 0.25) is 0 Å². The normalized spacial score (nSPS) is 17.3. The fourth-order valence-corrected chi connectivity index (χ4v) is 1.35. The Labute approximate surface area is 106 Å². The fourth-order valence-electron chi connectivity index (χ4n) is 1.35. The maximum Gasteiger partial charge on any atom is 0.515 e. The summed E-state index contributed by atoms with van der Waals surface area (Å²) in [5.41, 5.74) is 1.18. The number of epoxide rings is 1. The lowest BCUT2D eigenvalue weighted by atomic mass is 10.2. The molecule has 5 nitrogen and oxygen atoms in total. The predicted molar refractivity (Wildman–Crippen MR) is 63.5 cm³/mol. The smallest absolute Gasteiger partial charge is 0.407 e. The molecule has 0 amide bonds. The number of aryl methyl sites for hydroxylation is 1. The molecular formula is C13H16O5. The molecule has 1 unspecified atom stereocenters. The standard InChI is InChI=1S/C13H16O5/c1-2-10-3-5-11(6-4-10)18-13(14)17-9-15-7-12-8-16-12/h3-6,12H,2,7-9H2,1H3. The highest BCUT2D eigenvalue weighted by molar-refractivity contribution is 5.63. The van der Waals surface area contributed by atoms with Crippen LogP contribution in [-0.4, -0.2) is 32.3 Å². The molecule has 5 heteroatoms. The molecule has 0 bridgehead atoms. The van der Waals surface area contributed by atoms with Gasteiger partial charge in [0, 0.05) is 0 Å². The number of rotatable bonds is 6. The van der Waals surface area contributed by atoms with Crippen LogP contribution in [0.3, 0.4) is 0 Å². The minimum atomic E-state index is -0.768. The molecule has 1 heterocycles. The van der Waals surface area contributed by atoms with Gasteiger partial charge >= 0.3 is 6.16 Å². The fraction of sp³-hybridized carbons (Fsp3) is 0.462. The predicted octanol–water partition coefficient (Wildman–Crippen LogP) is 2.14. The van der Waals surface area contributed by atoms with Gasteiger partial charge in [-0.05, 0) is 24.1 Å². The highest BCUT2D eigenvalue weighted by Crippen LogP contribution is 2.13. The summed E-state index contributed by atoms with van der Waals surface area (Å²) in [6, 6.07) is 7.28. The summed E-state index contributed by atoms with van der Waals surface area (Å²) in [7, 11) is 0. The van der Waals surface area contributed by atoms with Crippen molar-refractivity contribution in [2.45, 2.75) is 19.4 Å². The van der Waals surface area contributed by atoms with Crippen molar-refractivity contribution < 1.29 is 23.7 Å². The molecule has 1 fully saturated rings. The van der Waals surface area contributed by atoms with Crippen molar-refractivity contribution in [1.82, 2.24) is 0 Å². The van der Waals surface area contributed by atoms with Gasteiger partial charge in [-0.15, -0.1) is 0 Å². The van der Waals surface area contributed by atoms with Gasteiger partial charge in [-0.1, -0.05) is 19.1 Å². The Balaban J connectivity index is 1.65. The average Bonchev–Trinajstić information content (AvgIpc) is 3.20. The number of hydrogen-bond donors (Lipinski definition) is 0. The summed E-state index contributed by atoms with van der Waals surface area (Å²) in [5, 5.41) is 0. The van der Waals surface area contributed by atoms with E-state index in [0.29, 0.717) is 19.0 Å². The zero-order valence-corrected chi connectivity index (χ0v) is 10.3.